The van der Waals surface area contributed by atoms with E-state index in [0.717, 1.165) is 11.0 Å². The van der Waals surface area contributed by atoms with Crippen molar-refractivity contribution in [3.63, 3.8) is 0 Å². The van der Waals surface area contributed by atoms with Crippen molar-refractivity contribution in [2.45, 2.75) is 13.0 Å². The molecule has 4 nitrogen and oxygen atoms in total. The number of halogens is 1. The second-order valence-corrected chi connectivity index (χ2v) is 6.61. The number of benzene rings is 1. The first kappa shape index (κ1) is 14.1. The van der Waals surface area contributed by atoms with Crippen LogP contribution >= 0.6 is 11.6 Å². The molecule has 0 radical (unpaired) electrons. The molecule has 2 rings (SSSR count). The number of para-hydroxylation sites is 1. The zero-order valence-electron chi connectivity index (χ0n) is 10.4. The van der Waals surface area contributed by atoms with Crippen LogP contribution in [0.15, 0.2) is 35.7 Å². The van der Waals surface area contributed by atoms with Crippen LogP contribution in [-0.2, 0) is 14.6 Å². The maximum atomic E-state index is 12.0. The van der Waals surface area contributed by atoms with Gasteiger partial charge in [-0.2, -0.15) is 0 Å². The Morgan fingerprint density at radius 2 is 2.11 bits per heavy atom. The van der Waals surface area contributed by atoms with E-state index in [1.165, 1.54) is 11.0 Å². The van der Waals surface area contributed by atoms with E-state index in [2.05, 4.69) is 0 Å². The normalized spacial score (nSPS) is 20.4. The maximum absolute atomic E-state index is 12.0. The Kier molecular flexibility index (Phi) is 3.96. The van der Waals surface area contributed by atoms with Crippen LogP contribution in [0.1, 0.15) is 5.56 Å². The van der Waals surface area contributed by atoms with Crippen LogP contribution in [0.3, 0.4) is 0 Å². The van der Waals surface area contributed by atoms with Crippen LogP contribution < -0.4 is 4.90 Å². The highest BCUT2D eigenvalue weighted by molar-refractivity contribution is 7.94. The molecule has 1 amide bonds. The van der Waals surface area contributed by atoms with Gasteiger partial charge in [-0.1, -0.05) is 18.2 Å². The number of amides is 1. The largest absolute Gasteiger partial charge is 0.303 e. The standard InChI is InChI=1S/C13H14ClNO3S/c1-10-4-2-3-5-12(10)15(13(16)8-14)11-6-7-19(17,18)9-11/h2-7,11H,8-9H2,1H3. The summed E-state index contributed by atoms with van der Waals surface area (Å²) < 4.78 is 23.0. The molecule has 0 aliphatic carbocycles. The molecule has 1 atom stereocenters. The van der Waals surface area contributed by atoms with Gasteiger partial charge in [-0.3, -0.25) is 4.79 Å². The van der Waals surface area contributed by atoms with Gasteiger partial charge in [-0.05, 0) is 24.6 Å². The first-order valence-corrected chi connectivity index (χ1v) is 8.04. The second kappa shape index (κ2) is 5.35. The second-order valence-electron chi connectivity index (χ2n) is 4.41. The van der Waals surface area contributed by atoms with Crippen LogP contribution in [0.2, 0.25) is 0 Å². The average Bonchev–Trinajstić information content (AvgIpc) is 2.72. The number of aryl methyl sites for hydroxylation is 1. The molecule has 0 aromatic heterocycles. The van der Waals surface area contributed by atoms with Crippen LogP contribution in [0.25, 0.3) is 0 Å². The number of anilines is 1. The highest BCUT2D eigenvalue weighted by Gasteiger charge is 2.31. The summed E-state index contributed by atoms with van der Waals surface area (Å²) in [6.07, 6.45) is 1.53. The summed E-state index contributed by atoms with van der Waals surface area (Å²) in [6, 6.07) is 6.85. The summed E-state index contributed by atoms with van der Waals surface area (Å²) in [4.78, 5) is 13.5. The van der Waals surface area contributed by atoms with E-state index >= 15 is 0 Å². The SMILES string of the molecule is Cc1ccccc1N(C(=O)CCl)C1C=CS(=O)(=O)C1. The van der Waals surface area contributed by atoms with Gasteiger partial charge < -0.3 is 4.90 Å². The van der Waals surface area contributed by atoms with E-state index in [9.17, 15) is 13.2 Å². The van der Waals surface area contributed by atoms with Crippen LogP contribution in [-0.4, -0.2) is 32.0 Å². The third-order valence-corrected chi connectivity index (χ3v) is 4.61. The molecule has 19 heavy (non-hydrogen) atoms. The quantitative estimate of drug-likeness (QED) is 0.801. The number of carbonyl (C=O) groups is 1. The molecule has 6 heteroatoms. The molecule has 1 aromatic rings. The maximum Gasteiger partial charge on any atom is 0.242 e. The highest BCUT2D eigenvalue weighted by atomic mass is 35.5. The van der Waals surface area contributed by atoms with E-state index in [4.69, 9.17) is 11.6 Å². The fourth-order valence-electron chi connectivity index (χ4n) is 2.12. The summed E-state index contributed by atoms with van der Waals surface area (Å²) in [6.45, 7) is 1.87. The minimum Gasteiger partial charge on any atom is -0.303 e. The van der Waals surface area contributed by atoms with Crippen molar-refractivity contribution in [3.8, 4) is 0 Å². The topological polar surface area (TPSA) is 54.5 Å². The lowest BCUT2D eigenvalue weighted by Crippen LogP contribution is -2.42. The molecular formula is C13H14ClNO3S. The highest BCUT2D eigenvalue weighted by Crippen LogP contribution is 2.26. The van der Waals surface area contributed by atoms with Gasteiger partial charge in [-0.15, -0.1) is 11.6 Å². The lowest BCUT2D eigenvalue weighted by atomic mass is 10.1. The first-order chi connectivity index (χ1) is 8.94. The molecule has 1 aromatic carbocycles. The van der Waals surface area contributed by atoms with Gasteiger partial charge in [0, 0.05) is 11.1 Å². The number of rotatable bonds is 3. The van der Waals surface area contributed by atoms with E-state index in [1.807, 2.05) is 25.1 Å². The van der Waals surface area contributed by atoms with Crippen molar-refractivity contribution in [2.24, 2.45) is 0 Å². The monoisotopic (exact) mass is 299 g/mol. The molecule has 0 fully saturated rings. The number of hydrogen-bond donors (Lipinski definition) is 0. The Morgan fingerprint density at radius 1 is 1.42 bits per heavy atom. The van der Waals surface area contributed by atoms with E-state index in [1.54, 1.807) is 6.07 Å². The number of nitrogens with zero attached hydrogens (tertiary/aromatic N) is 1. The van der Waals surface area contributed by atoms with Gasteiger partial charge in [0.1, 0.15) is 5.88 Å². The van der Waals surface area contributed by atoms with Gasteiger partial charge in [0.05, 0.1) is 11.8 Å². The first-order valence-electron chi connectivity index (χ1n) is 5.79. The average molecular weight is 300 g/mol. The Labute approximate surface area is 117 Å². The molecule has 1 aliphatic heterocycles. The molecule has 0 spiro atoms. The summed E-state index contributed by atoms with van der Waals surface area (Å²) in [5, 5.41) is 1.16. The molecule has 1 aliphatic rings. The molecule has 102 valence electrons. The minimum atomic E-state index is -3.22. The minimum absolute atomic E-state index is 0.0933. The molecular weight excluding hydrogens is 286 g/mol. The Balaban J connectivity index is 2.42. The lowest BCUT2D eigenvalue weighted by molar-refractivity contribution is -0.116. The summed E-state index contributed by atoms with van der Waals surface area (Å²) in [5.41, 5.74) is 1.60. The van der Waals surface area contributed by atoms with Crippen LogP contribution in [0, 0.1) is 6.92 Å². The summed E-state index contributed by atoms with van der Waals surface area (Å²) in [7, 11) is -3.22. The Bertz CT molecular complexity index is 625. The molecule has 1 heterocycles. The molecule has 0 N–H and O–H groups in total. The predicted molar refractivity (Wildman–Crippen MR) is 76.1 cm³/mol. The number of hydrogen-bond acceptors (Lipinski definition) is 3. The Hall–Kier alpha value is -1.33. The molecule has 1 unspecified atom stereocenters. The van der Waals surface area contributed by atoms with E-state index in [-0.39, 0.29) is 17.5 Å². The summed E-state index contributed by atoms with van der Waals surface area (Å²) in [5.74, 6) is -0.578. The zero-order valence-corrected chi connectivity index (χ0v) is 12.0. The van der Waals surface area contributed by atoms with Crippen molar-refractivity contribution >= 4 is 33.0 Å². The van der Waals surface area contributed by atoms with Crippen molar-refractivity contribution in [3.05, 3.63) is 41.3 Å². The molecule has 0 saturated carbocycles. The summed E-state index contributed by atoms with van der Waals surface area (Å²) >= 11 is 5.63. The number of sulfone groups is 1. The van der Waals surface area contributed by atoms with Gasteiger partial charge in [0.15, 0.2) is 9.84 Å². The van der Waals surface area contributed by atoms with Gasteiger partial charge in [0.2, 0.25) is 5.91 Å². The van der Waals surface area contributed by atoms with Crippen LogP contribution in [0.5, 0.6) is 0 Å². The van der Waals surface area contributed by atoms with E-state index < -0.39 is 15.9 Å². The van der Waals surface area contributed by atoms with Gasteiger partial charge >= 0.3 is 0 Å². The smallest absolute Gasteiger partial charge is 0.242 e. The third kappa shape index (κ3) is 2.98. The van der Waals surface area contributed by atoms with Crippen LogP contribution in [0.4, 0.5) is 5.69 Å². The molecule has 0 bridgehead atoms. The van der Waals surface area contributed by atoms with Crippen molar-refractivity contribution < 1.29 is 13.2 Å². The molecule has 0 saturated heterocycles. The zero-order chi connectivity index (χ0) is 14.0. The number of carbonyl (C=O) groups excluding carboxylic acids is 1. The fourth-order valence-corrected chi connectivity index (χ4v) is 3.51. The van der Waals surface area contributed by atoms with E-state index in [0.29, 0.717) is 5.69 Å². The number of alkyl halides is 1. The van der Waals surface area contributed by atoms with Gasteiger partial charge in [-0.25, -0.2) is 8.42 Å². The third-order valence-electron chi connectivity index (χ3n) is 3.00. The predicted octanol–water partition coefficient (Wildman–Crippen LogP) is 1.88. The lowest BCUT2D eigenvalue weighted by Gasteiger charge is -2.28. The van der Waals surface area contributed by atoms with Crippen molar-refractivity contribution in [1.29, 1.82) is 0 Å². The van der Waals surface area contributed by atoms with Crippen molar-refractivity contribution in [1.82, 2.24) is 0 Å². The Morgan fingerprint density at radius 3 is 2.63 bits per heavy atom. The fraction of sp³-hybridized carbons (Fsp3) is 0.308. The van der Waals surface area contributed by atoms with Crippen molar-refractivity contribution in [2.75, 3.05) is 16.5 Å². The van der Waals surface area contributed by atoms with Gasteiger partial charge in [0.25, 0.3) is 0 Å².